The van der Waals surface area contributed by atoms with E-state index in [-0.39, 0.29) is 24.9 Å². The fourth-order valence-corrected chi connectivity index (χ4v) is 2.96. The Labute approximate surface area is 123 Å². The summed E-state index contributed by atoms with van der Waals surface area (Å²) in [5.41, 5.74) is 4.61. The fourth-order valence-electron chi connectivity index (χ4n) is 2.96. The minimum atomic E-state index is -0.0351. The van der Waals surface area contributed by atoms with Gasteiger partial charge in [-0.25, -0.2) is 0 Å². The van der Waals surface area contributed by atoms with Crippen LogP contribution in [0.15, 0.2) is 42.5 Å². The molecule has 0 bridgehead atoms. The zero-order valence-corrected chi connectivity index (χ0v) is 11.7. The SMILES string of the molecule is O=C1CC(c2ccc(CO)cc2)Cc2ccc(CO)cc21. The van der Waals surface area contributed by atoms with Crippen LogP contribution in [-0.4, -0.2) is 16.0 Å². The highest BCUT2D eigenvalue weighted by molar-refractivity contribution is 5.99. The van der Waals surface area contributed by atoms with Crippen LogP contribution < -0.4 is 0 Å². The number of fused-ring (bicyclic) bond motifs is 1. The lowest BCUT2D eigenvalue weighted by atomic mass is 9.79. The molecular formula is C18H18O3. The van der Waals surface area contributed by atoms with E-state index in [1.165, 1.54) is 0 Å². The molecule has 0 radical (unpaired) electrons. The molecule has 1 aliphatic carbocycles. The molecule has 1 atom stereocenters. The zero-order chi connectivity index (χ0) is 14.8. The smallest absolute Gasteiger partial charge is 0.163 e. The third-order valence-corrected chi connectivity index (χ3v) is 4.19. The van der Waals surface area contributed by atoms with Crippen molar-refractivity contribution in [2.45, 2.75) is 32.0 Å². The van der Waals surface area contributed by atoms with Gasteiger partial charge in [0.15, 0.2) is 5.78 Å². The second-order valence-electron chi connectivity index (χ2n) is 5.58. The predicted molar refractivity (Wildman–Crippen MR) is 80.1 cm³/mol. The Bertz CT molecular complexity index is 659. The van der Waals surface area contributed by atoms with Crippen molar-refractivity contribution in [3.05, 3.63) is 70.3 Å². The summed E-state index contributed by atoms with van der Waals surface area (Å²) in [5, 5.41) is 18.3. The molecule has 1 aliphatic rings. The van der Waals surface area contributed by atoms with Gasteiger partial charge in [0.2, 0.25) is 0 Å². The van der Waals surface area contributed by atoms with Gasteiger partial charge >= 0.3 is 0 Å². The molecule has 0 aliphatic heterocycles. The summed E-state index contributed by atoms with van der Waals surface area (Å²) in [6.07, 6.45) is 1.34. The summed E-state index contributed by atoms with van der Waals surface area (Å²) in [7, 11) is 0. The van der Waals surface area contributed by atoms with E-state index < -0.39 is 0 Å². The molecule has 21 heavy (non-hydrogen) atoms. The molecule has 2 N–H and O–H groups in total. The summed E-state index contributed by atoms with van der Waals surface area (Å²) in [4.78, 5) is 12.3. The van der Waals surface area contributed by atoms with Crippen LogP contribution in [0, 0.1) is 0 Å². The summed E-state index contributed by atoms with van der Waals surface area (Å²) in [6, 6.07) is 13.4. The second-order valence-corrected chi connectivity index (χ2v) is 5.58. The quantitative estimate of drug-likeness (QED) is 0.909. The van der Waals surface area contributed by atoms with Crippen LogP contribution >= 0.6 is 0 Å². The molecular weight excluding hydrogens is 264 g/mol. The number of benzene rings is 2. The van der Waals surface area contributed by atoms with Gasteiger partial charge < -0.3 is 10.2 Å². The molecule has 0 aromatic heterocycles. The van der Waals surface area contributed by atoms with Crippen molar-refractivity contribution in [1.82, 2.24) is 0 Å². The van der Waals surface area contributed by atoms with Gasteiger partial charge in [-0.3, -0.25) is 4.79 Å². The lowest BCUT2D eigenvalue weighted by molar-refractivity contribution is 0.0964. The first-order valence-electron chi connectivity index (χ1n) is 7.17. The maximum absolute atomic E-state index is 12.3. The topological polar surface area (TPSA) is 57.5 Å². The number of aliphatic hydroxyl groups excluding tert-OH is 2. The van der Waals surface area contributed by atoms with Crippen molar-refractivity contribution in [2.24, 2.45) is 0 Å². The molecule has 0 heterocycles. The Morgan fingerprint density at radius 2 is 1.57 bits per heavy atom. The van der Waals surface area contributed by atoms with Gasteiger partial charge in [-0.15, -0.1) is 0 Å². The Kier molecular flexibility index (Phi) is 3.86. The van der Waals surface area contributed by atoms with E-state index >= 15 is 0 Å². The second kappa shape index (κ2) is 5.80. The van der Waals surface area contributed by atoms with Crippen LogP contribution in [0.2, 0.25) is 0 Å². The number of carbonyl (C=O) groups excluding carboxylic acids is 1. The molecule has 3 heteroatoms. The molecule has 2 aromatic rings. The fraction of sp³-hybridized carbons (Fsp3) is 0.278. The number of hydrogen-bond acceptors (Lipinski definition) is 3. The van der Waals surface area contributed by atoms with Crippen LogP contribution in [0.4, 0.5) is 0 Å². The van der Waals surface area contributed by atoms with E-state index in [9.17, 15) is 9.90 Å². The minimum absolute atomic E-state index is 0.0351. The number of rotatable bonds is 3. The van der Waals surface area contributed by atoms with Crippen molar-refractivity contribution in [3.8, 4) is 0 Å². The van der Waals surface area contributed by atoms with Crippen LogP contribution in [0.25, 0.3) is 0 Å². The van der Waals surface area contributed by atoms with Crippen molar-refractivity contribution < 1.29 is 15.0 Å². The maximum atomic E-state index is 12.3. The first-order valence-corrected chi connectivity index (χ1v) is 7.17. The van der Waals surface area contributed by atoms with Gasteiger partial charge in [0, 0.05) is 12.0 Å². The Morgan fingerprint density at radius 1 is 0.905 bits per heavy atom. The zero-order valence-electron chi connectivity index (χ0n) is 11.7. The average Bonchev–Trinajstić information content (AvgIpc) is 2.54. The molecule has 0 spiro atoms. The Balaban J connectivity index is 1.89. The molecule has 0 fully saturated rings. The van der Waals surface area contributed by atoms with E-state index in [0.717, 1.165) is 34.2 Å². The van der Waals surface area contributed by atoms with Gasteiger partial charge in [-0.1, -0.05) is 36.4 Å². The van der Waals surface area contributed by atoms with Crippen molar-refractivity contribution in [3.63, 3.8) is 0 Å². The van der Waals surface area contributed by atoms with Crippen LogP contribution in [0.3, 0.4) is 0 Å². The maximum Gasteiger partial charge on any atom is 0.163 e. The number of aliphatic hydroxyl groups is 2. The molecule has 3 rings (SSSR count). The lowest BCUT2D eigenvalue weighted by Gasteiger charge is -2.24. The largest absolute Gasteiger partial charge is 0.392 e. The van der Waals surface area contributed by atoms with Crippen molar-refractivity contribution in [1.29, 1.82) is 0 Å². The van der Waals surface area contributed by atoms with Gasteiger partial charge in [-0.2, -0.15) is 0 Å². The van der Waals surface area contributed by atoms with E-state index in [2.05, 4.69) is 0 Å². The predicted octanol–water partition coefficient (Wildman–Crippen LogP) is 2.58. The number of Topliss-reactive ketones (excluding diaryl/α,β-unsaturated/α-hetero) is 1. The third-order valence-electron chi connectivity index (χ3n) is 4.19. The standard InChI is InChI=1S/C18H18O3/c19-10-12-1-4-14(5-2-12)16-8-15-6-3-13(11-20)7-17(15)18(21)9-16/h1-7,16,19-20H,8-11H2. The van der Waals surface area contributed by atoms with E-state index in [1.807, 2.05) is 42.5 Å². The Hall–Kier alpha value is -1.97. The molecule has 0 saturated carbocycles. The first-order chi connectivity index (χ1) is 10.2. The van der Waals surface area contributed by atoms with E-state index in [4.69, 9.17) is 5.11 Å². The van der Waals surface area contributed by atoms with Crippen LogP contribution in [0.5, 0.6) is 0 Å². The lowest BCUT2D eigenvalue weighted by Crippen LogP contribution is -2.19. The molecule has 2 aromatic carbocycles. The van der Waals surface area contributed by atoms with Gasteiger partial charge in [0.1, 0.15) is 0 Å². The Morgan fingerprint density at radius 3 is 2.24 bits per heavy atom. The molecule has 0 amide bonds. The number of carbonyl (C=O) groups is 1. The summed E-state index contributed by atoms with van der Waals surface area (Å²) in [6.45, 7) is 0.00323. The average molecular weight is 282 g/mol. The van der Waals surface area contributed by atoms with E-state index in [1.54, 1.807) is 0 Å². The van der Waals surface area contributed by atoms with Crippen LogP contribution in [0.1, 0.15) is 45.0 Å². The van der Waals surface area contributed by atoms with Crippen molar-refractivity contribution in [2.75, 3.05) is 0 Å². The van der Waals surface area contributed by atoms with Gasteiger partial charge in [0.05, 0.1) is 13.2 Å². The first kappa shape index (κ1) is 14.0. The van der Waals surface area contributed by atoms with Gasteiger partial charge in [-0.05, 0) is 40.7 Å². The van der Waals surface area contributed by atoms with Gasteiger partial charge in [0.25, 0.3) is 0 Å². The molecule has 0 saturated heterocycles. The molecule has 108 valence electrons. The summed E-state index contributed by atoms with van der Waals surface area (Å²) < 4.78 is 0. The number of hydrogen-bond donors (Lipinski definition) is 2. The monoisotopic (exact) mass is 282 g/mol. The minimum Gasteiger partial charge on any atom is -0.392 e. The normalized spacial score (nSPS) is 17.6. The molecule has 1 unspecified atom stereocenters. The van der Waals surface area contributed by atoms with Crippen molar-refractivity contribution >= 4 is 5.78 Å². The summed E-state index contributed by atoms with van der Waals surface area (Å²) in [5.74, 6) is 0.334. The highest BCUT2D eigenvalue weighted by Gasteiger charge is 2.26. The highest BCUT2D eigenvalue weighted by atomic mass is 16.3. The van der Waals surface area contributed by atoms with Crippen LogP contribution in [-0.2, 0) is 19.6 Å². The molecule has 3 nitrogen and oxygen atoms in total. The summed E-state index contributed by atoms with van der Waals surface area (Å²) >= 11 is 0. The number of ketones is 1. The third kappa shape index (κ3) is 2.75. The highest BCUT2D eigenvalue weighted by Crippen LogP contribution is 2.33. The van der Waals surface area contributed by atoms with E-state index in [0.29, 0.717) is 6.42 Å².